The Kier molecular flexibility index (Phi) is 7.90. The molecule has 2 atom stereocenters. The summed E-state index contributed by atoms with van der Waals surface area (Å²) in [6.07, 6.45) is 1.43. The SMILES string of the molecule is CC(C)NCC(O)COc1ccc(CC(O)CNC(C)C)c2[nH]ccc12. The smallest absolute Gasteiger partial charge is 0.128 e. The van der Waals surface area contributed by atoms with Crippen molar-refractivity contribution < 1.29 is 14.9 Å². The number of rotatable bonds is 11. The fourth-order valence-corrected chi connectivity index (χ4v) is 2.80. The number of fused-ring (bicyclic) bond motifs is 1. The van der Waals surface area contributed by atoms with Crippen LogP contribution in [0.4, 0.5) is 0 Å². The van der Waals surface area contributed by atoms with Gasteiger partial charge in [0.1, 0.15) is 18.5 Å². The van der Waals surface area contributed by atoms with E-state index in [-0.39, 0.29) is 6.61 Å². The Hall–Kier alpha value is -1.60. The summed E-state index contributed by atoms with van der Waals surface area (Å²) in [6.45, 7) is 9.51. The largest absolute Gasteiger partial charge is 0.490 e. The minimum Gasteiger partial charge on any atom is -0.490 e. The third kappa shape index (κ3) is 6.29. The first-order chi connectivity index (χ1) is 12.4. The zero-order valence-corrected chi connectivity index (χ0v) is 16.2. The van der Waals surface area contributed by atoms with E-state index in [4.69, 9.17) is 4.74 Å². The summed E-state index contributed by atoms with van der Waals surface area (Å²) in [5, 5.41) is 27.7. The molecule has 0 aliphatic carbocycles. The van der Waals surface area contributed by atoms with Crippen molar-refractivity contribution in [1.29, 1.82) is 0 Å². The number of aliphatic hydroxyl groups is 2. The van der Waals surface area contributed by atoms with E-state index in [1.807, 2.05) is 38.2 Å². The second kappa shape index (κ2) is 9.92. The summed E-state index contributed by atoms with van der Waals surface area (Å²) >= 11 is 0. The lowest BCUT2D eigenvalue weighted by Gasteiger charge is -2.17. The van der Waals surface area contributed by atoms with Crippen LogP contribution in [0.15, 0.2) is 24.4 Å². The molecule has 0 fully saturated rings. The maximum Gasteiger partial charge on any atom is 0.128 e. The van der Waals surface area contributed by atoms with Crippen molar-refractivity contribution in [2.75, 3.05) is 19.7 Å². The normalized spacial score (nSPS) is 14.3. The molecule has 1 heterocycles. The summed E-state index contributed by atoms with van der Waals surface area (Å²) in [5.41, 5.74) is 2.03. The zero-order chi connectivity index (χ0) is 19.1. The minimum atomic E-state index is -0.560. The monoisotopic (exact) mass is 363 g/mol. The number of hydrogen-bond donors (Lipinski definition) is 5. The van der Waals surface area contributed by atoms with Crippen molar-refractivity contribution >= 4 is 10.9 Å². The van der Waals surface area contributed by atoms with Crippen LogP contribution in [0.5, 0.6) is 5.75 Å². The molecule has 1 aromatic heterocycles. The average Bonchev–Trinajstić information content (AvgIpc) is 3.07. The van der Waals surface area contributed by atoms with Gasteiger partial charge in [-0.15, -0.1) is 0 Å². The number of benzene rings is 1. The Bertz CT molecular complexity index is 669. The molecule has 0 saturated carbocycles. The highest BCUT2D eigenvalue weighted by atomic mass is 16.5. The maximum atomic E-state index is 10.3. The van der Waals surface area contributed by atoms with Crippen LogP contribution in [0.1, 0.15) is 33.3 Å². The Morgan fingerprint density at radius 2 is 1.62 bits per heavy atom. The van der Waals surface area contributed by atoms with Crippen LogP contribution in [-0.2, 0) is 6.42 Å². The molecule has 0 aliphatic rings. The fourth-order valence-electron chi connectivity index (χ4n) is 2.80. The lowest BCUT2D eigenvalue weighted by Crippen LogP contribution is -2.35. The molecule has 1 aromatic carbocycles. The van der Waals surface area contributed by atoms with Crippen LogP contribution in [0, 0.1) is 0 Å². The molecule has 6 heteroatoms. The molecule has 0 spiro atoms. The van der Waals surface area contributed by atoms with E-state index in [1.54, 1.807) is 0 Å². The lowest BCUT2D eigenvalue weighted by molar-refractivity contribution is 0.105. The van der Waals surface area contributed by atoms with Gasteiger partial charge in [0, 0.05) is 43.2 Å². The van der Waals surface area contributed by atoms with Gasteiger partial charge in [0.2, 0.25) is 0 Å². The van der Waals surface area contributed by atoms with Gasteiger partial charge in [-0.05, 0) is 17.7 Å². The molecule has 2 unspecified atom stereocenters. The Morgan fingerprint density at radius 1 is 0.962 bits per heavy atom. The first kappa shape index (κ1) is 20.7. The molecule has 2 aromatic rings. The standard InChI is InChI=1S/C20H33N3O3/c1-13(2)22-10-16(24)9-15-5-6-19(18-7-8-21-20(15)18)26-12-17(25)11-23-14(3)4/h5-8,13-14,16-17,21-25H,9-12H2,1-4H3. The number of aromatic nitrogens is 1. The molecule has 5 N–H and O–H groups in total. The first-order valence-electron chi connectivity index (χ1n) is 9.41. The number of H-pyrrole nitrogens is 1. The molecule has 0 amide bonds. The van der Waals surface area contributed by atoms with Crippen molar-refractivity contribution in [2.24, 2.45) is 0 Å². The van der Waals surface area contributed by atoms with E-state index in [1.165, 1.54) is 0 Å². The Morgan fingerprint density at radius 3 is 2.27 bits per heavy atom. The van der Waals surface area contributed by atoms with Crippen molar-refractivity contribution in [2.45, 2.75) is 58.4 Å². The highest BCUT2D eigenvalue weighted by Gasteiger charge is 2.14. The summed E-state index contributed by atoms with van der Waals surface area (Å²) in [7, 11) is 0. The van der Waals surface area contributed by atoms with E-state index in [0.29, 0.717) is 31.6 Å². The number of hydrogen-bond acceptors (Lipinski definition) is 5. The Labute approximate surface area is 156 Å². The van der Waals surface area contributed by atoms with E-state index in [9.17, 15) is 10.2 Å². The van der Waals surface area contributed by atoms with Gasteiger partial charge >= 0.3 is 0 Å². The van der Waals surface area contributed by atoms with Gasteiger partial charge in [-0.25, -0.2) is 0 Å². The average molecular weight is 364 g/mol. The molecule has 0 radical (unpaired) electrons. The number of nitrogens with one attached hydrogen (secondary N) is 3. The number of aromatic amines is 1. The third-order valence-electron chi connectivity index (χ3n) is 4.18. The van der Waals surface area contributed by atoms with E-state index >= 15 is 0 Å². The lowest BCUT2D eigenvalue weighted by atomic mass is 10.0. The highest BCUT2D eigenvalue weighted by molar-refractivity contribution is 5.88. The molecule has 146 valence electrons. The fraction of sp³-hybridized carbons (Fsp3) is 0.600. The van der Waals surface area contributed by atoms with E-state index in [0.717, 1.165) is 22.2 Å². The van der Waals surface area contributed by atoms with Gasteiger partial charge in [0.05, 0.1) is 11.6 Å². The van der Waals surface area contributed by atoms with Gasteiger partial charge in [0.25, 0.3) is 0 Å². The van der Waals surface area contributed by atoms with Crippen molar-refractivity contribution in [3.05, 3.63) is 30.0 Å². The molecule has 0 saturated heterocycles. The molecule has 0 aliphatic heterocycles. The topological polar surface area (TPSA) is 89.5 Å². The summed E-state index contributed by atoms with van der Waals surface area (Å²) in [5.74, 6) is 0.739. The predicted octanol–water partition coefficient (Wildman–Crippen LogP) is 1.81. The molecular weight excluding hydrogens is 330 g/mol. The van der Waals surface area contributed by atoms with Crippen LogP contribution >= 0.6 is 0 Å². The molecule has 26 heavy (non-hydrogen) atoms. The van der Waals surface area contributed by atoms with Gasteiger partial charge in [0.15, 0.2) is 0 Å². The van der Waals surface area contributed by atoms with Gasteiger partial charge in [-0.3, -0.25) is 0 Å². The first-order valence-corrected chi connectivity index (χ1v) is 9.41. The Balaban J connectivity index is 1.99. The quantitative estimate of drug-likeness (QED) is 0.420. The molecule has 0 bridgehead atoms. The van der Waals surface area contributed by atoms with Crippen LogP contribution in [0.2, 0.25) is 0 Å². The van der Waals surface area contributed by atoms with Gasteiger partial charge in [-0.2, -0.15) is 0 Å². The third-order valence-corrected chi connectivity index (χ3v) is 4.18. The molecular formula is C20H33N3O3. The minimum absolute atomic E-state index is 0.236. The number of aliphatic hydroxyl groups excluding tert-OH is 2. The molecule has 6 nitrogen and oxygen atoms in total. The van der Waals surface area contributed by atoms with E-state index in [2.05, 4.69) is 29.5 Å². The summed E-state index contributed by atoms with van der Waals surface area (Å²) < 4.78 is 5.83. The van der Waals surface area contributed by atoms with Crippen LogP contribution in [0.25, 0.3) is 10.9 Å². The van der Waals surface area contributed by atoms with E-state index < -0.39 is 12.2 Å². The van der Waals surface area contributed by atoms with Crippen molar-refractivity contribution in [1.82, 2.24) is 15.6 Å². The second-order valence-corrected chi connectivity index (χ2v) is 7.44. The number of ether oxygens (including phenoxy) is 1. The van der Waals surface area contributed by atoms with Gasteiger partial charge in [-0.1, -0.05) is 33.8 Å². The van der Waals surface area contributed by atoms with Crippen LogP contribution in [-0.4, -0.2) is 59.2 Å². The maximum absolute atomic E-state index is 10.3. The van der Waals surface area contributed by atoms with Crippen molar-refractivity contribution in [3.8, 4) is 5.75 Å². The summed E-state index contributed by atoms with van der Waals surface area (Å²) in [6, 6.07) is 6.54. The van der Waals surface area contributed by atoms with Crippen molar-refractivity contribution in [3.63, 3.8) is 0 Å². The molecule has 2 rings (SSSR count). The second-order valence-electron chi connectivity index (χ2n) is 7.44. The predicted molar refractivity (Wildman–Crippen MR) is 106 cm³/mol. The highest BCUT2D eigenvalue weighted by Crippen LogP contribution is 2.28. The van der Waals surface area contributed by atoms with Gasteiger partial charge < -0.3 is 30.6 Å². The summed E-state index contributed by atoms with van der Waals surface area (Å²) in [4.78, 5) is 3.24. The van der Waals surface area contributed by atoms with Crippen LogP contribution in [0.3, 0.4) is 0 Å². The van der Waals surface area contributed by atoms with Crippen LogP contribution < -0.4 is 15.4 Å². The zero-order valence-electron chi connectivity index (χ0n) is 16.2.